The molecular formula is C68H99IN2O10. The summed E-state index contributed by atoms with van der Waals surface area (Å²) in [6.45, 7) is 17.3. The average Bonchev–Trinajstić information content (AvgIpc) is 3.64. The summed E-state index contributed by atoms with van der Waals surface area (Å²) in [4.78, 5) is 28.5. The normalized spacial score (nSPS) is 29.7. The van der Waals surface area contributed by atoms with Gasteiger partial charge in [-0.3, -0.25) is 19.4 Å². The number of carbonyl (C=O) groups excluding carboxylic acids is 2. The van der Waals surface area contributed by atoms with Gasteiger partial charge in [-0.15, -0.1) is 0 Å². The summed E-state index contributed by atoms with van der Waals surface area (Å²) in [5, 5.41) is 35.0. The van der Waals surface area contributed by atoms with Crippen LogP contribution in [0, 0.1) is 11.8 Å². The smallest absolute Gasteiger partial charge is 0.308 e. The number of alkyl halides is 1. The molecule has 4 heterocycles. The van der Waals surface area contributed by atoms with Crippen molar-refractivity contribution in [2.75, 3.05) is 37.6 Å². The van der Waals surface area contributed by atoms with Gasteiger partial charge in [-0.1, -0.05) is 142 Å². The third kappa shape index (κ3) is 12.4. The molecule has 0 amide bonds. The Kier molecular flexibility index (Phi) is 20.2. The van der Waals surface area contributed by atoms with Crippen LogP contribution in [-0.2, 0) is 42.7 Å². The molecule has 4 saturated carbocycles. The lowest BCUT2D eigenvalue weighted by Gasteiger charge is -2.63. The summed E-state index contributed by atoms with van der Waals surface area (Å²) in [5.41, 5.74) is 4.37. The second kappa shape index (κ2) is 26.9. The highest BCUT2D eigenvalue weighted by molar-refractivity contribution is 14.1. The van der Waals surface area contributed by atoms with Crippen LogP contribution < -0.4 is 14.2 Å². The van der Waals surface area contributed by atoms with Gasteiger partial charge in [0.25, 0.3) is 0 Å². The van der Waals surface area contributed by atoms with Gasteiger partial charge in [0.2, 0.25) is 6.79 Å². The van der Waals surface area contributed by atoms with Crippen molar-refractivity contribution in [1.82, 2.24) is 9.80 Å². The second-order valence-electron chi connectivity index (χ2n) is 26.4. The maximum Gasteiger partial charge on any atom is 0.308 e. The molecule has 13 heteroatoms. The number of hydrogen-bond acceptors (Lipinski definition) is 12. The number of carbonyl (C=O) groups is 2. The van der Waals surface area contributed by atoms with Gasteiger partial charge in [0, 0.05) is 49.1 Å². The van der Waals surface area contributed by atoms with E-state index in [1.165, 1.54) is 133 Å². The van der Waals surface area contributed by atoms with Crippen LogP contribution in [0.1, 0.15) is 229 Å². The van der Waals surface area contributed by atoms with Crippen molar-refractivity contribution in [1.29, 1.82) is 0 Å². The number of likely N-dealkylation sites (tertiary alicyclic amines) is 2. The second-order valence-corrected chi connectivity index (χ2v) is 27.0. The van der Waals surface area contributed by atoms with Crippen LogP contribution in [0.5, 0.6) is 23.0 Å². The van der Waals surface area contributed by atoms with Gasteiger partial charge < -0.3 is 39.0 Å². The summed E-state index contributed by atoms with van der Waals surface area (Å²) in [5.74, 6) is 3.51. The first-order valence-corrected chi connectivity index (χ1v) is 34.0. The van der Waals surface area contributed by atoms with E-state index in [9.17, 15) is 24.9 Å². The Balaban J connectivity index is 0.000000153. The Labute approximate surface area is 499 Å². The number of esters is 2. The minimum atomic E-state index is -0.829. The molecule has 0 radical (unpaired) electrons. The quantitative estimate of drug-likeness (QED) is 0.0186. The number of aliphatic hydroxyl groups is 2. The number of phenolic OH excluding ortho intramolecular Hbond substituents is 1. The van der Waals surface area contributed by atoms with Crippen molar-refractivity contribution in [3.63, 3.8) is 0 Å². The Morgan fingerprint density at radius 2 is 1.04 bits per heavy atom. The number of halogens is 1. The molecule has 448 valence electrons. The number of nitrogens with zero attached hydrogens (tertiary/aromatic N) is 2. The largest absolute Gasteiger partial charge is 0.504 e. The fourth-order valence-corrected chi connectivity index (χ4v) is 16.8. The van der Waals surface area contributed by atoms with Gasteiger partial charge in [0.1, 0.15) is 16.8 Å². The van der Waals surface area contributed by atoms with Crippen LogP contribution in [0.3, 0.4) is 0 Å². The van der Waals surface area contributed by atoms with Crippen LogP contribution in [0.2, 0.25) is 0 Å². The van der Waals surface area contributed by atoms with E-state index < -0.39 is 22.0 Å². The molecule has 0 aromatic heterocycles. The van der Waals surface area contributed by atoms with E-state index in [4.69, 9.17) is 23.7 Å². The van der Waals surface area contributed by atoms with E-state index in [-0.39, 0.29) is 48.8 Å². The molecule has 4 aliphatic heterocycles. The van der Waals surface area contributed by atoms with E-state index in [2.05, 4.69) is 42.9 Å². The number of phenols is 1. The van der Waals surface area contributed by atoms with Crippen LogP contribution >= 0.6 is 22.6 Å². The highest BCUT2D eigenvalue weighted by Gasteiger charge is 2.73. The molecule has 2 aromatic rings. The standard InChI is InChI=1S/C34H49NO5.C21H25NO3.C13H25IO2/c1-3-4-5-6-7-8-9-10-11-12-29(36)39-23-38-27-16-15-26-21-28-34(37)18-17-24(2)32-33(34,30(26)31(27)40-32)19-20-35(28)22-25-13-14-25;1-12-6-7-21(24)16-10-14-4-5-15(23)18-17(14)20(21,19(12)25-18)8-9-22(16)11-13-2-3-13;1-2-3-4-5-6-7-8-9-10-11-13(15)16-12-14/h15-16,25,28,32,37H,2-14,17-23H2,1H3;4-5,13,16,19,23-24H,1-3,6-11H2;2-12H2,1H3/t28?,32-,33-,34+;16?,19-,20-,21+;/m00./s1. The molecule has 2 aromatic carbocycles. The Bertz CT molecular complexity index is 2530. The number of aromatic hydroxyl groups is 1. The van der Waals surface area contributed by atoms with Crippen molar-refractivity contribution in [3.8, 4) is 23.0 Å². The molecule has 12 nitrogen and oxygen atoms in total. The molecule has 2 spiro atoms. The molecule has 81 heavy (non-hydrogen) atoms. The third-order valence-electron chi connectivity index (χ3n) is 21.0. The van der Waals surface area contributed by atoms with E-state index in [0.29, 0.717) is 29.0 Å². The molecule has 4 bridgehead atoms. The van der Waals surface area contributed by atoms with Crippen molar-refractivity contribution >= 4 is 34.5 Å². The first kappa shape index (κ1) is 60.7. The van der Waals surface area contributed by atoms with Gasteiger partial charge in [-0.25, -0.2) is 0 Å². The lowest BCUT2D eigenvalue weighted by molar-refractivity contribution is -0.174. The summed E-state index contributed by atoms with van der Waals surface area (Å²) in [6.07, 6.45) is 35.0. The number of benzene rings is 2. The summed E-state index contributed by atoms with van der Waals surface area (Å²) < 4.78 is 29.8. The van der Waals surface area contributed by atoms with Gasteiger partial charge in [0.05, 0.1) is 22.0 Å². The zero-order chi connectivity index (χ0) is 56.8. The van der Waals surface area contributed by atoms with Gasteiger partial charge in [-0.2, -0.15) is 0 Å². The lowest BCUT2D eigenvalue weighted by Crippen LogP contribution is -2.75. The summed E-state index contributed by atoms with van der Waals surface area (Å²) in [7, 11) is 0. The number of piperidine rings is 2. The van der Waals surface area contributed by atoms with E-state index in [1.54, 1.807) is 6.07 Å². The average molecular weight is 1230 g/mol. The first-order chi connectivity index (χ1) is 39.3. The maximum absolute atomic E-state index is 12.5. The zero-order valence-electron chi connectivity index (χ0n) is 49.5. The lowest BCUT2D eigenvalue weighted by atomic mass is 9.48. The Morgan fingerprint density at radius 3 is 1.51 bits per heavy atom. The number of ether oxygens (including phenoxy) is 5. The maximum atomic E-state index is 12.5. The molecule has 8 atom stereocenters. The van der Waals surface area contributed by atoms with Crippen LogP contribution in [-0.4, -0.2) is 110 Å². The minimum absolute atomic E-state index is 0.0441. The predicted octanol–water partition coefficient (Wildman–Crippen LogP) is 14.0. The fraction of sp³-hybridized carbons (Fsp3) is 0.735. The number of hydrogen-bond donors (Lipinski definition) is 3. The Hall–Kier alpha value is -3.37. The summed E-state index contributed by atoms with van der Waals surface area (Å²) >= 11 is 2.05. The van der Waals surface area contributed by atoms with Crippen LogP contribution in [0.15, 0.2) is 48.6 Å². The predicted molar refractivity (Wildman–Crippen MR) is 326 cm³/mol. The monoisotopic (exact) mass is 1230 g/mol. The molecule has 2 unspecified atom stereocenters. The third-order valence-corrected chi connectivity index (χ3v) is 21.3. The molecular weight excluding hydrogens is 1130 g/mol. The van der Waals surface area contributed by atoms with E-state index in [1.807, 2.05) is 34.7 Å². The van der Waals surface area contributed by atoms with Crippen molar-refractivity contribution in [2.45, 2.75) is 266 Å². The SMILES string of the molecule is C=C1CC[C@@]2(O)C3Cc4ccc(O)c5c4[C@@]2(CCN3CC2CC2)[C@H]1O5.C=C1CC[C@@]2(O)C3Cc4ccc(OCOC(=O)CCCCCCCCCCC)c5c4[C@@]2(CCN3CC2CC2)[C@H]1O5.CCCCCCCCCCCC(=O)OCI. The highest BCUT2D eigenvalue weighted by Crippen LogP contribution is 2.68. The molecule has 6 aliphatic carbocycles. The fourth-order valence-electron chi connectivity index (χ4n) is 16.4. The highest BCUT2D eigenvalue weighted by atomic mass is 127. The number of rotatable bonds is 28. The van der Waals surface area contributed by atoms with Crippen LogP contribution in [0.25, 0.3) is 0 Å². The molecule has 10 aliphatic rings. The van der Waals surface area contributed by atoms with E-state index in [0.717, 1.165) is 137 Å². The molecule has 2 saturated heterocycles. The molecule has 3 N–H and O–H groups in total. The minimum Gasteiger partial charge on any atom is -0.504 e. The first-order valence-electron chi connectivity index (χ1n) is 32.5. The van der Waals surface area contributed by atoms with Crippen molar-refractivity contribution in [3.05, 3.63) is 70.8 Å². The van der Waals surface area contributed by atoms with Crippen LogP contribution in [0.4, 0.5) is 0 Å². The summed E-state index contributed by atoms with van der Waals surface area (Å²) in [6, 6.07) is 8.20. The molecule has 6 fully saturated rings. The van der Waals surface area contributed by atoms with Gasteiger partial charge in [0.15, 0.2) is 23.0 Å². The molecule has 12 rings (SSSR count). The Morgan fingerprint density at radius 1 is 0.605 bits per heavy atom. The van der Waals surface area contributed by atoms with Crippen molar-refractivity contribution in [2.24, 2.45) is 11.8 Å². The van der Waals surface area contributed by atoms with Crippen molar-refractivity contribution < 1.29 is 48.6 Å². The van der Waals surface area contributed by atoms with Gasteiger partial charge in [-0.05, 0) is 172 Å². The van der Waals surface area contributed by atoms with E-state index >= 15 is 0 Å². The zero-order valence-corrected chi connectivity index (χ0v) is 51.7. The number of unbranched alkanes of at least 4 members (excludes halogenated alkanes) is 16. The van der Waals surface area contributed by atoms with Gasteiger partial charge >= 0.3 is 11.9 Å². The topological polar surface area (TPSA) is 147 Å².